The molecule has 0 unspecified atom stereocenters. The van der Waals surface area contributed by atoms with Gasteiger partial charge in [-0.05, 0) is 31.6 Å². The number of unbranched alkanes of at least 4 members (excludes halogenated alkanes) is 9. The minimum atomic E-state index is 1.07. The summed E-state index contributed by atoms with van der Waals surface area (Å²) in [5.41, 5.74) is 0. The number of rotatable bonds is 13. The highest BCUT2D eigenvalue weighted by Gasteiger charge is 2.20. The van der Waals surface area contributed by atoms with Gasteiger partial charge in [-0.2, -0.15) is 0 Å². The molecule has 0 bridgehead atoms. The standard InChI is InChI=1S/C20H41N.CN/c1-3-5-7-8-9-10-11-12-13-17-21-18-15-20(16-19-21)14-6-4-2;1-2/h20H,3-19H2,1-2H3;/q;-1/p+1. The van der Waals surface area contributed by atoms with E-state index in [1.54, 1.807) is 0 Å². The zero-order chi connectivity index (χ0) is 17.2. The van der Waals surface area contributed by atoms with Crippen molar-refractivity contribution >= 4 is 0 Å². The summed E-state index contributed by atoms with van der Waals surface area (Å²) in [7, 11) is 0. The smallest absolute Gasteiger partial charge is 0.0773 e. The van der Waals surface area contributed by atoms with Crippen molar-refractivity contribution in [2.45, 2.75) is 104 Å². The van der Waals surface area contributed by atoms with Crippen molar-refractivity contribution in [2.24, 2.45) is 5.92 Å². The normalized spacial score (nSPS) is 20.7. The van der Waals surface area contributed by atoms with Crippen LogP contribution in [-0.4, -0.2) is 19.6 Å². The predicted molar refractivity (Wildman–Crippen MR) is 100 cm³/mol. The van der Waals surface area contributed by atoms with Crippen molar-refractivity contribution in [3.8, 4) is 0 Å². The van der Waals surface area contributed by atoms with Crippen LogP contribution in [0, 0.1) is 17.8 Å². The first-order valence-electron chi connectivity index (χ1n) is 10.4. The Hall–Kier alpha value is -0.550. The van der Waals surface area contributed by atoms with Crippen LogP contribution in [0.25, 0.3) is 0 Å². The fraction of sp³-hybridized carbons (Fsp3) is 0.952. The minimum Gasteiger partial charge on any atom is -0.512 e. The van der Waals surface area contributed by atoms with Crippen molar-refractivity contribution in [3.63, 3.8) is 0 Å². The molecule has 0 aliphatic carbocycles. The molecule has 1 fully saturated rings. The second-order valence-electron chi connectivity index (χ2n) is 7.41. The quantitative estimate of drug-likeness (QED) is 0.371. The van der Waals surface area contributed by atoms with E-state index in [-0.39, 0.29) is 0 Å². The number of quaternary nitrogens is 1. The van der Waals surface area contributed by atoms with Crippen LogP contribution < -0.4 is 4.90 Å². The molecule has 1 rings (SSSR count). The van der Waals surface area contributed by atoms with Crippen molar-refractivity contribution in [1.82, 2.24) is 0 Å². The van der Waals surface area contributed by atoms with E-state index in [2.05, 4.69) is 13.8 Å². The molecule has 2 heteroatoms. The maximum atomic E-state index is 6.25. The predicted octanol–water partition coefficient (Wildman–Crippen LogP) is 5.10. The molecular weight excluding hydrogens is 280 g/mol. The van der Waals surface area contributed by atoms with Gasteiger partial charge in [0.05, 0.1) is 19.6 Å². The Bertz CT molecular complexity index is 241. The summed E-state index contributed by atoms with van der Waals surface area (Å²) in [5.74, 6) is 1.07. The van der Waals surface area contributed by atoms with Gasteiger partial charge in [0.25, 0.3) is 0 Å². The number of likely N-dealkylation sites (tertiary alicyclic amines) is 1. The first-order valence-corrected chi connectivity index (χ1v) is 10.4. The fourth-order valence-electron chi connectivity index (χ4n) is 3.80. The first-order chi connectivity index (χ1) is 11.4. The fourth-order valence-corrected chi connectivity index (χ4v) is 3.80. The van der Waals surface area contributed by atoms with E-state index in [0.29, 0.717) is 0 Å². The molecule has 1 aliphatic heterocycles. The molecule has 23 heavy (non-hydrogen) atoms. The second kappa shape index (κ2) is 17.8. The molecule has 136 valence electrons. The van der Waals surface area contributed by atoms with Gasteiger partial charge < -0.3 is 16.7 Å². The van der Waals surface area contributed by atoms with Gasteiger partial charge in [-0.1, -0.05) is 78.1 Å². The number of piperidine rings is 1. The van der Waals surface area contributed by atoms with Gasteiger partial charge in [-0.3, -0.25) is 0 Å². The van der Waals surface area contributed by atoms with Crippen LogP contribution in [0.2, 0.25) is 0 Å². The Labute approximate surface area is 146 Å². The van der Waals surface area contributed by atoms with E-state index in [4.69, 9.17) is 11.8 Å². The van der Waals surface area contributed by atoms with Crippen molar-refractivity contribution < 1.29 is 4.90 Å². The molecule has 2 nitrogen and oxygen atoms in total. The number of nitrogens with zero attached hydrogens (tertiary/aromatic N) is 1. The summed E-state index contributed by atoms with van der Waals surface area (Å²) in [6.07, 6.45) is 20.5. The summed E-state index contributed by atoms with van der Waals surface area (Å²) in [4.78, 5) is 1.91. The van der Waals surface area contributed by atoms with Crippen LogP contribution in [0.1, 0.15) is 104 Å². The Balaban J connectivity index is 0.00000232. The van der Waals surface area contributed by atoms with Crippen LogP contribution in [0.15, 0.2) is 0 Å². The van der Waals surface area contributed by atoms with Crippen molar-refractivity contribution in [1.29, 1.82) is 5.26 Å². The molecule has 0 atom stereocenters. The maximum Gasteiger partial charge on any atom is 0.0773 e. The third-order valence-electron chi connectivity index (χ3n) is 5.41. The van der Waals surface area contributed by atoms with Gasteiger partial charge in [-0.15, -0.1) is 0 Å². The summed E-state index contributed by atoms with van der Waals surface area (Å²) in [6, 6.07) is 0. The molecule has 0 aromatic carbocycles. The highest BCUT2D eigenvalue weighted by molar-refractivity contribution is 4.62. The van der Waals surface area contributed by atoms with E-state index in [0.717, 1.165) is 5.92 Å². The van der Waals surface area contributed by atoms with Gasteiger partial charge in [0.1, 0.15) is 0 Å². The summed E-state index contributed by atoms with van der Waals surface area (Å²) in [6.45, 7) is 13.8. The third-order valence-corrected chi connectivity index (χ3v) is 5.41. The average Bonchev–Trinajstić information content (AvgIpc) is 2.61. The lowest BCUT2D eigenvalue weighted by atomic mass is 9.91. The summed E-state index contributed by atoms with van der Waals surface area (Å²) >= 11 is 0. The SMILES string of the molecule is CCCCCCCCCCC[NH+]1CCC(CCCC)CC1.[C-]#N. The van der Waals surface area contributed by atoms with Crippen LogP contribution in [-0.2, 0) is 0 Å². The van der Waals surface area contributed by atoms with Gasteiger partial charge in [0.15, 0.2) is 0 Å². The van der Waals surface area contributed by atoms with Gasteiger partial charge >= 0.3 is 0 Å². The lowest BCUT2D eigenvalue weighted by molar-refractivity contribution is -0.906. The highest BCUT2D eigenvalue weighted by atomic mass is 15.1. The molecule has 1 N–H and O–H groups in total. The maximum absolute atomic E-state index is 6.25. The van der Waals surface area contributed by atoms with Crippen LogP contribution in [0.4, 0.5) is 0 Å². The Morgan fingerprint density at radius 3 is 1.74 bits per heavy atom. The van der Waals surface area contributed by atoms with Crippen LogP contribution in [0.3, 0.4) is 0 Å². The molecular formula is C21H42N2. The zero-order valence-corrected chi connectivity index (χ0v) is 16.0. The molecule has 0 saturated carbocycles. The molecule has 0 spiro atoms. The molecule has 1 heterocycles. The molecule has 0 aromatic rings. The van der Waals surface area contributed by atoms with Crippen molar-refractivity contribution in [3.05, 3.63) is 6.57 Å². The average molecular weight is 323 g/mol. The Morgan fingerprint density at radius 1 is 0.739 bits per heavy atom. The lowest BCUT2D eigenvalue weighted by Crippen LogP contribution is -3.13. The van der Waals surface area contributed by atoms with E-state index >= 15 is 0 Å². The molecule has 1 saturated heterocycles. The Morgan fingerprint density at radius 2 is 1.22 bits per heavy atom. The monoisotopic (exact) mass is 322 g/mol. The topological polar surface area (TPSA) is 28.2 Å². The van der Waals surface area contributed by atoms with Gasteiger partial charge in [0.2, 0.25) is 0 Å². The zero-order valence-electron chi connectivity index (χ0n) is 16.0. The van der Waals surface area contributed by atoms with E-state index in [1.165, 1.54) is 110 Å². The summed E-state index contributed by atoms with van der Waals surface area (Å²) < 4.78 is 0. The number of hydrogen-bond acceptors (Lipinski definition) is 1. The van der Waals surface area contributed by atoms with E-state index < -0.39 is 0 Å². The molecule has 0 amide bonds. The molecule has 0 radical (unpaired) electrons. The third kappa shape index (κ3) is 13.6. The number of hydrogen-bond donors (Lipinski definition) is 1. The molecule has 1 aliphatic rings. The largest absolute Gasteiger partial charge is 0.512 e. The first kappa shape index (κ1) is 22.4. The van der Waals surface area contributed by atoms with Gasteiger partial charge in [-0.25, -0.2) is 0 Å². The second-order valence-corrected chi connectivity index (χ2v) is 7.41. The van der Waals surface area contributed by atoms with E-state index in [9.17, 15) is 0 Å². The lowest BCUT2D eigenvalue weighted by Gasteiger charge is -2.29. The minimum absolute atomic E-state index is 1.07. The number of nitrogens with one attached hydrogen (secondary N) is 1. The van der Waals surface area contributed by atoms with Crippen LogP contribution >= 0.6 is 0 Å². The van der Waals surface area contributed by atoms with Crippen LogP contribution in [0.5, 0.6) is 0 Å². The van der Waals surface area contributed by atoms with Gasteiger partial charge in [0, 0.05) is 0 Å². The molecule has 0 aromatic heterocycles. The Kier molecular flexibility index (Phi) is 17.4. The van der Waals surface area contributed by atoms with Crippen molar-refractivity contribution in [2.75, 3.05) is 19.6 Å². The summed E-state index contributed by atoms with van der Waals surface area (Å²) in [5, 5.41) is 6.25. The van der Waals surface area contributed by atoms with E-state index in [1.807, 2.05) is 4.90 Å². The highest BCUT2D eigenvalue weighted by Crippen LogP contribution is 2.17.